The van der Waals surface area contributed by atoms with Gasteiger partial charge in [0.05, 0.1) is 0 Å². The van der Waals surface area contributed by atoms with Crippen molar-refractivity contribution >= 4 is 11.8 Å². The summed E-state index contributed by atoms with van der Waals surface area (Å²) in [5.74, 6) is 6.80. The molecule has 0 bridgehead atoms. The fourth-order valence-electron chi connectivity index (χ4n) is 1.48. The summed E-state index contributed by atoms with van der Waals surface area (Å²) in [6, 6.07) is 1.87. The van der Waals surface area contributed by atoms with Crippen LogP contribution in [0.3, 0.4) is 0 Å². The molecule has 1 atom stereocenters. The summed E-state index contributed by atoms with van der Waals surface area (Å²) in [6.07, 6.45) is 1.99. The molecule has 1 unspecified atom stereocenters. The van der Waals surface area contributed by atoms with E-state index in [-0.39, 0.29) is 6.61 Å². The fraction of sp³-hybridized carbons (Fsp3) is 0.636. The highest BCUT2D eigenvalue weighted by Gasteiger charge is 2.02. The molecule has 0 aliphatic rings. The topological polar surface area (TPSA) is 96.1 Å². The molecule has 0 saturated carbocycles. The van der Waals surface area contributed by atoms with E-state index < -0.39 is 0 Å². The number of aryl methyl sites for hydroxylation is 1. The van der Waals surface area contributed by atoms with Gasteiger partial charge in [-0.3, -0.25) is 5.43 Å². The van der Waals surface area contributed by atoms with Crippen molar-refractivity contribution in [2.75, 3.05) is 23.9 Å². The van der Waals surface area contributed by atoms with Gasteiger partial charge < -0.3 is 10.4 Å². The number of rotatable bonds is 7. The van der Waals surface area contributed by atoms with Crippen LogP contribution in [0.4, 0.5) is 11.8 Å². The molecule has 0 aromatic carbocycles. The average molecular weight is 239 g/mol. The van der Waals surface area contributed by atoms with E-state index in [1.54, 1.807) is 0 Å². The Kier molecular flexibility index (Phi) is 5.65. The summed E-state index contributed by atoms with van der Waals surface area (Å²) in [7, 11) is 0. The van der Waals surface area contributed by atoms with Gasteiger partial charge in [-0.25, -0.2) is 10.8 Å². The molecule has 5 N–H and O–H groups in total. The first-order chi connectivity index (χ1) is 8.15. The Hall–Kier alpha value is -1.40. The van der Waals surface area contributed by atoms with Gasteiger partial charge in [0.1, 0.15) is 5.82 Å². The molecule has 0 aliphatic carbocycles. The van der Waals surface area contributed by atoms with Gasteiger partial charge in [-0.2, -0.15) is 4.98 Å². The molecule has 0 saturated heterocycles. The van der Waals surface area contributed by atoms with Crippen molar-refractivity contribution in [3.63, 3.8) is 0 Å². The minimum Gasteiger partial charge on any atom is -0.396 e. The highest BCUT2D eigenvalue weighted by atomic mass is 16.3. The normalized spacial score (nSPS) is 12.2. The van der Waals surface area contributed by atoms with Crippen LogP contribution in [-0.4, -0.2) is 28.2 Å². The van der Waals surface area contributed by atoms with E-state index in [4.69, 9.17) is 10.9 Å². The first kappa shape index (κ1) is 13.7. The third kappa shape index (κ3) is 4.97. The Balaban J connectivity index is 2.38. The van der Waals surface area contributed by atoms with Gasteiger partial charge in [-0.05, 0) is 25.7 Å². The third-order valence-electron chi connectivity index (χ3n) is 2.47. The molecule has 1 aromatic rings. The lowest BCUT2D eigenvalue weighted by Crippen LogP contribution is -2.13. The largest absolute Gasteiger partial charge is 0.396 e. The van der Waals surface area contributed by atoms with Crippen molar-refractivity contribution in [3.8, 4) is 0 Å². The second-order valence-electron chi connectivity index (χ2n) is 4.22. The molecule has 1 aromatic heterocycles. The highest BCUT2D eigenvalue weighted by molar-refractivity contribution is 5.41. The molecule has 0 spiro atoms. The van der Waals surface area contributed by atoms with Crippen LogP contribution in [0.15, 0.2) is 6.07 Å². The molecule has 1 rings (SSSR count). The fourth-order valence-corrected chi connectivity index (χ4v) is 1.48. The quantitative estimate of drug-likeness (QED) is 0.320. The minimum absolute atomic E-state index is 0.244. The van der Waals surface area contributed by atoms with Crippen LogP contribution >= 0.6 is 0 Å². The van der Waals surface area contributed by atoms with Gasteiger partial charge in [0.25, 0.3) is 0 Å². The summed E-state index contributed by atoms with van der Waals surface area (Å²) < 4.78 is 0. The predicted molar refractivity (Wildman–Crippen MR) is 68.6 cm³/mol. The zero-order valence-electron chi connectivity index (χ0n) is 10.4. The first-order valence-electron chi connectivity index (χ1n) is 5.82. The van der Waals surface area contributed by atoms with Crippen LogP contribution in [0.2, 0.25) is 0 Å². The third-order valence-corrected chi connectivity index (χ3v) is 2.47. The number of hydrogen-bond donors (Lipinski definition) is 4. The molecule has 0 amide bonds. The Bertz CT molecular complexity index is 345. The minimum atomic E-state index is 0.244. The Labute approximate surface area is 102 Å². The molecule has 0 radical (unpaired) electrons. The van der Waals surface area contributed by atoms with E-state index in [0.717, 1.165) is 30.9 Å². The van der Waals surface area contributed by atoms with Gasteiger partial charge in [0.15, 0.2) is 0 Å². The Morgan fingerprint density at radius 3 is 2.88 bits per heavy atom. The number of hydrogen-bond acceptors (Lipinski definition) is 6. The molecule has 0 aliphatic heterocycles. The number of nitrogens with one attached hydrogen (secondary N) is 2. The van der Waals surface area contributed by atoms with E-state index in [1.807, 2.05) is 19.9 Å². The maximum Gasteiger partial charge on any atom is 0.239 e. The van der Waals surface area contributed by atoms with E-state index in [2.05, 4.69) is 20.7 Å². The molecule has 1 heterocycles. The predicted octanol–water partition coefficient (Wildman–Crippen LogP) is 0.891. The van der Waals surface area contributed by atoms with Crippen LogP contribution in [0, 0.1) is 12.8 Å². The lowest BCUT2D eigenvalue weighted by Gasteiger charge is -2.10. The molecule has 0 fully saturated rings. The van der Waals surface area contributed by atoms with Crippen molar-refractivity contribution in [1.29, 1.82) is 0 Å². The standard InChI is InChI=1S/C11H21N5O/c1-8(7-17)4-3-5-13-10-6-9(2)14-11(15-10)16-12/h6,8,17H,3-5,7,12H2,1-2H3,(H2,13,14,15,16). The summed E-state index contributed by atoms with van der Waals surface area (Å²) in [5, 5.41) is 12.1. The number of aliphatic hydroxyl groups is 1. The zero-order chi connectivity index (χ0) is 12.7. The van der Waals surface area contributed by atoms with Crippen molar-refractivity contribution in [3.05, 3.63) is 11.8 Å². The Morgan fingerprint density at radius 1 is 1.47 bits per heavy atom. The highest BCUT2D eigenvalue weighted by Crippen LogP contribution is 2.10. The molecule has 96 valence electrons. The number of nitrogen functional groups attached to an aromatic ring is 1. The van der Waals surface area contributed by atoms with Crippen LogP contribution < -0.4 is 16.6 Å². The molecule has 6 nitrogen and oxygen atoms in total. The average Bonchev–Trinajstić information content (AvgIpc) is 2.33. The summed E-state index contributed by atoms with van der Waals surface area (Å²) in [6.45, 7) is 4.99. The van der Waals surface area contributed by atoms with Crippen LogP contribution in [0.5, 0.6) is 0 Å². The van der Waals surface area contributed by atoms with Crippen molar-refractivity contribution < 1.29 is 5.11 Å². The van der Waals surface area contributed by atoms with Crippen LogP contribution in [-0.2, 0) is 0 Å². The van der Waals surface area contributed by atoms with Crippen molar-refractivity contribution in [2.24, 2.45) is 11.8 Å². The molecule has 6 heteroatoms. The van der Waals surface area contributed by atoms with Crippen molar-refractivity contribution in [2.45, 2.75) is 26.7 Å². The number of hydrazine groups is 1. The van der Waals surface area contributed by atoms with Crippen molar-refractivity contribution in [1.82, 2.24) is 9.97 Å². The van der Waals surface area contributed by atoms with Gasteiger partial charge in [-0.1, -0.05) is 6.92 Å². The molecule has 17 heavy (non-hydrogen) atoms. The lowest BCUT2D eigenvalue weighted by molar-refractivity contribution is 0.229. The van der Waals surface area contributed by atoms with Gasteiger partial charge in [-0.15, -0.1) is 0 Å². The monoisotopic (exact) mass is 239 g/mol. The summed E-state index contributed by atoms with van der Waals surface area (Å²) in [4.78, 5) is 8.28. The number of aliphatic hydroxyl groups excluding tert-OH is 1. The maximum absolute atomic E-state index is 8.89. The zero-order valence-corrected chi connectivity index (χ0v) is 10.4. The SMILES string of the molecule is Cc1cc(NCCCC(C)CO)nc(NN)n1. The summed E-state index contributed by atoms with van der Waals surface area (Å²) >= 11 is 0. The second kappa shape index (κ2) is 7.03. The van der Waals surface area contributed by atoms with E-state index in [9.17, 15) is 0 Å². The molecular weight excluding hydrogens is 218 g/mol. The van der Waals surface area contributed by atoms with Crippen LogP contribution in [0.1, 0.15) is 25.5 Å². The number of aromatic nitrogens is 2. The number of anilines is 2. The van der Waals surface area contributed by atoms with E-state index in [1.165, 1.54) is 0 Å². The molecular formula is C11H21N5O. The maximum atomic E-state index is 8.89. The van der Waals surface area contributed by atoms with Gasteiger partial charge in [0, 0.05) is 24.9 Å². The summed E-state index contributed by atoms with van der Waals surface area (Å²) in [5.41, 5.74) is 3.29. The smallest absolute Gasteiger partial charge is 0.239 e. The number of nitrogens with two attached hydrogens (primary N) is 1. The van der Waals surface area contributed by atoms with Crippen LogP contribution in [0.25, 0.3) is 0 Å². The second-order valence-corrected chi connectivity index (χ2v) is 4.22. The first-order valence-corrected chi connectivity index (χ1v) is 5.82. The van der Waals surface area contributed by atoms with Gasteiger partial charge >= 0.3 is 0 Å². The van der Waals surface area contributed by atoms with E-state index in [0.29, 0.717) is 11.9 Å². The Morgan fingerprint density at radius 2 is 2.24 bits per heavy atom. The van der Waals surface area contributed by atoms with E-state index >= 15 is 0 Å². The van der Waals surface area contributed by atoms with Gasteiger partial charge in [0.2, 0.25) is 5.95 Å². The number of nitrogens with zero attached hydrogens (tertiary/aromatic N) is 2. The lowest BCUT2D eigenvalue weighted by atomic mass is 10.1.